The van der Waals surface area contributed by atoms with Crippen LogP contribution in [0.3, 0.4) is 0 Å². The third kappa shape index (κ3) is 4.61. The van der Waals surface area contributed by atoms with Crippen molar-refractivity contribution >= 4 is 18.3 Å². The highest BCUT2D eigenvalue weighted by Gasteiger charge is 2.33. The van der Waals surface area contributed by atoms with Crippen LogP contribution in [0.25, 0.3) is 0 Å². The minimum absolute atomic E-state index is 0. The van der Waals surface area contributed by atoms with E-state index in [0.29, 0.717) is 13.1 Å². The molecule has 0 spiro atoms. The van der Waals surface area contributed by atoms with Crippen LogP contribution in [0.2, 0.25) is 0 Å². The summed E-state index contributed by atoms with van der Waals surface area (Å²) in [5, 5.41) is 0. The fraction of sp³-hybridized carbons (Fsp3) is 0.500. The van der Waals surface area contributed by atoms with E-state index >= 15 is 0 Å². The van der Waals surface area contributed by atoms with Crippen LogP contribution >= 0.6 is 12.4 Å². The molecule has 1 fully saturated rings. The Bertz CT molecular complexity index is 493. The Labute approximate surface area is 127 Å². The average molecular weight is 323 g/mol. The first kappa shape index (κ1) is 17.8. The molecule has 118 valence electrons. The summed E-state index contributed by atoms with van der Waals surface area (Å²) in [6.07, 6.45) is -3.02. The van der Waals surface area contributed by atoms with E-state index in [-0.39, 0.29) is 36.3 Å². The summed E-state index contributed by atoms with van der Waals surface area (Å²) in [6, 6.07) is 5.12. The van der Waals surface area contributed by atoms with Crippen LogP contribution in [-0.2, 0) is 17.4 Å². The van der Waals surface area contributed by atoms with Crippen LogP contribution in [0.4, 0.5) is 13.2 Å². The van der Waals surface area contributed by atoms with Crippen LogP contribution in [-0.4, -0.2) is 29.9 Å². The number of carbonyl (C=O) groups excluding carboxylic acids is 1. The maximum atomic E-state index is 12.9. The number of hydrogen-bond acceptors (Lipinski definition) is 2. The number of amides is 1. The number of alkyl halides is 3. The van der Waals surface area contributed by atoms with Gasteiger partial charge in [0.2, 0.25) is 5.91 Å². The largest absolute Gasteiger partial charge is 0.416 e. The minimum Gasteiger partial charge on any atom is -0.341 e. The molecule has 0 aromatic heterocycles. The molecule has 1 aliphatic rings. The summed E-state index contributed by atoms with van der Waals surface area (Å²) in [7, 11) is 0. The van der Waals surface area contributed by atoms with E-state index in [9.17, 15) is 18.0 Å². The van der Waals surface area contributed by atoms with Crippen molar-refractivity contribution in [2.45, 2.75) is 31.5 Å². The van der Waals surface area contributed by atoms with E-state index in [0.717, 1.165) is 18.9 Å². The molecular weight excluding hydrogens is 305 g/mol. The van der Waals surface area contributed by atoms with Gasteiger partial charge in [-0.1, -0.05) is 18.2 Å². The summed E-state index contributed by atoms with van der Waals surface area (Å²) in [4.78, 5) is 13.7. The molecule has 1 unspecified atom stereocenters. The van der Waals surface area contributed by atoms with E-state index in [1.54, 1.807) is 4.90 Å². The van der Waals surface area contributed by atoms with Gasteiger partial charge in [0.25, 0.3) is 0 Å². The molecule has 0 radical (unpaired) electrons. The lowest BCUT2D eigenvalue weighted by Gasteiger charge is -2.31. The Balaban J connectivity index is 0.00000220. The summed E-state index contributed by atoms with van der Waals surface area (Å²) in [6.45, 7) is 0.994. The van der Waals surface area contributed by atoms with Crippen molar-refractivity contribution in [2.24, 2.45) is 5.73 Å². The molecule has 2 N–H and O–H groups in total. The molecule has 2 rings (SSSR count). The van der Waals surface area contributed by atoms with E-state index in [4.69, 9.17) is 5.73 Å². The molecular formula is C14H18ClF3N2O. The highest BCUT2D eigenvalue weighted by molar-refractivity contribution is 5.85. The van der Waals surface area contributed by atoms with E-state index in [1.807, 2.05) is 0 Å². The Morgan fingerprint density at radius 1 is 1.33 bits per heavy atom. The highest BCUT2D eigenvalue weighted by Crippen LogP contribution is 2.32. The van der Waals surface area contributed by atoms with Gasteiger partial charge in [0, 0.05) is 19.1 Å². The number of piperidine rings is 1. The minimum atomic E-state index is -4.44. The summed E-state index contributed by atoms with van der Waals surface area (Å²) < 4.78 is 38.6. The van der Waals surface area contributed by atoms with Gasteiger partial charge >= 0.3 is 6.18 Å². The van der Waals surface area contributed by atoms with Gasteiger partial charge in [-0.2, -0.15) is 13.2 Å². The van der Waals surface area contributed by atoms with E-state index in [1.165, 1.54) is 18.2 Å². The van der Waals surface area contributed by atoms with Crippen LogP contribution in [0, 0.1) is 0 Å². The maximum absolute atomic E-state index is 12.9. The van der Waals surface area contributed by atoms with Gasteiger partial charge in [-0.05, 0) is 24.5 Å². The zero-order valence-electron chi connectivity index (χ0n) is 11.4. The van der Waals surface area contributed by atoms with Crippen molar-refractivity contribution in [1.82, 2.24) is 4.90 Å². The zero-order chi connectivity index (χ0) is 14.8. The third-order valence-corrected chi connectivity index (χ3v) is 3.47. The molecule has 1 aromatic carbocycles. The first-order valence-electron chi connectivity index (χ1n) is 6.56. The second-order valence-corrected chi connectivity index (χ2v) is 5.07. The zero-order valence-corrected chi connectivity index (χ0v) is 12.2. The fourth-order valence-corrected chi connectivity index (χ4v) is 2.46. The highest BCUT2D eigenvalue weighted by atomic mass is 35.5. The first-order chi connectivity index (χ1) is 9.38. The van der Waals surface area contributed by atoms with Crippen molar-refractivity contribution in [2.75, 3.05) is 13.1 Å². The van der Waals surface area contributed by atoms with E-state index < -0.39 is 11.7 Å². The van der Waals surface area contributed by atoms with Crippen molar-refractivity contribution in [3.8, 4) is 0 Å². The van der Waals surface area contributed by atoms with Gasteiger partial charge < -0.3 is 10.6 Å². The second-order valence-electron chi connectivity index (χ2n) is 5.07. The SMILES string of the molecule is Cl.NC1CCCN(C(=O)Cc2ccccc2C(F)(F)F)C1. The molecule has 21 heavy (non-hydrogen) atoms. The molecule has 3 nitrogen and oxygen atoms in total. The predicted octanol–water partition coefficient (Wildman–Crippen LogP) is 2.62. The first-order valence-corrected chi connectivity index (χ1v) is 6.56. The van der Waals surface area contributed by atoms with Gasteiger partial charge in [0.05, 0.1) is 12.0 Å². The molecule has 1 atom stereocenters. The molecule has 7 heteroatoms. The van der Waals surface area contributed by atoms with Crippen molar-refractivity contribution in [3.05, 3.63) is 35.4 Å². The number of carbonyl (C=O) groups is 1. The number of rotatable bonds is 2. The number of nitrogens with two attached hydrogens (primary N) is 1. The lowest BCUT2D eigenvalue weighted by atomic mass is 10.0. The molecule has 1 amide bonds. The predicted molar refractivity (Wildman–Crippen MR) is 76.2 cm³/mol. The third-order valence-electron chi connectivity index (χ3n) is 3.47. The maximum Gasteiger partial charge on any atom is 0.416 e. The molecule has 1 heterocycles. The Hall–Kier alpha value is -1.27. The number of likely N-dealkylation sites (tertiary alicyclic amines) is 1. The standard InChI is InChI=1S/C14H17F3N2O.ClH/c15-14(16,17)12-6-2-1-4-10(12)8-13(20)19-7-3-5-11(18)9-19;/h1-2,4,6,11H,3,5,7-9,18H2;1H. The van der Waals surface area contributed by atoms with E-state index in [2.05, 4.69) is 0 Å². The number of halogens is 4. The van der Waals surface area contributed by atoms with Gasteiger partial charge in [-0.25, -0.2) is 0 Å². The summed E-state index contributed by atoms with van der Waals surface area (Å²) >= 11 is 0. The molecule has 0 aliphatic carbocycles. The lowest BCUT2D eigenvalue weighted by Crippen LogP contribution is -2.46. The lowest BCUT2D eigenvalue weighted by molar-refractivity contribution is -0.138. The molecule has 1 aromatic rings. The number of benzene rings is 1. The Morgan fingerprint density at radius 3 is 2.62 bits per heavy atom. The number of nitrogens with zero attached hydrogens (tertiary/aromatic N) is 1. The van der Waals surface area contributed by atoms with Crippen LogP contribution in [0.5, 0.6) is 0 Å². The number of hydrogen-bond donors (Lipinski definition) is 1. The topological polar surface area (TPSA) is 46.3 Å². The molecule has 0 saturated carbocycles. The van der Waals surface area contributed by atoms with Crippen LogP contribution in [0.15, 0.2) is 24.3 Å². The van der Waals surface area contributed by atoms with Crippen molar-refractivity contribution in [1.29, 1.82) is 0 Å². The van der Waals surface area contributed by atoms with Gasteiger partial charge in [0.15, 0.2) is 0 Å². The van der Waals surface area contributed by atoms with Crippen LogP contribution in [0.1, 0.15) is 24.0 Å². The normalized spacial score (nSPS) is 19.0. The van der Waals surface area contributed by atoms with Gasteiger partial charge in [0.1, 0.15) is 0 Å². The van der Waals surface area contributed by atoms with Gasteiger partial charge in [-0.15, -0.1) is 12.4 Å². The Kier molecular flexibility index (Phi) is 6.04. The van der Waals surface area contributed by atoms with Gasteiger partial charge in [-0.3, -0.25) is 4.79 Å². The summed E-state index contributed by atoms with van der Waals surface area (Å²) in [5.41, 5.74) is 5.06. The van der Waals surface area contributed by atoms with Crippen molar-refractivity contribution < 1.29 is 18.0 Å². The summed E-state index contributed by atoms with van der Waals surface area (Å²) in [5.74, 6) is -0.295. The van der Waals surface area contributed by atoms with Crippen molar-refractivity contribution in [3.63, 3.8) is 0 Å². The quantitative estimate of drug-likeness (QED) is 0.910. The molecule has 1 aliphatic heterocycles. The smallest absolute Gasteiger partial charge is 0.341 e. The average Bonchev–Trinajstić information content (AvgIpc) is 2.38. The molecule has 0 bridgehead atoms. The second kappa shape index (κ2) is 7.13. The molecule has 1 saturated heterocycles. The monoisotopic (exact) mass is 322 g/mol. The Morgan fingerprint density at radius 2 is 2.00 bits per heavy atom. The van der Waals surface area contributed by atoms with Crippen LogP contribution < -0.4 is 5.73 Å². The fourth-order valence-electron chi connectivity index (χ4n) is 2.46.